The van der Waals surface area contributed by atoms with Crippen molar-refractivity contribution in [3.8, 4) is 16.9 Å². The Balaban J connectivity index is 1.44. The second kappa shape index (κ2) is 9.60. The highest BCUT2D eigenvalue weighted by atomic mass is 32.1. The second-order valence-electron chi connectivity index (χ2n) is 8.89. The van der Waals surface area contributed by atoms with Gasteiger partial charge in [0.05, 0.1) is 21.9 Å². The van der Waals surface area contributed by atoms with E-state index in [-0.39, 0.29) is 33.5 Å². The largest absolute Gasteiger partial charge is 0.454 e. The maximum atomic E-state index is 15.0. The van der Waals surface area contributed by atoms with Gasteiger partial charge < -0.3 is 9.47 Å². The number of halogens is 7. The Morgan fingerprint density at radius 1 is 0.919 bits per heavy atom. The third-order valence-corrected chi connectivity index (χ3v) is 7.14. The normalized spacial score (nSPS) is 18.4. The summed E-state index contributed by atoms with van der Waals surface area (Å²) in [7, 11) is 0. The van der Waals surface area contributed by atoms with Crippen LogP contribution in [0.3, 0.4) is 0 Å². The molecule has 0 bridgehead atoms. The zero-order valence-corrected chi connectivity index (χ0v) is 20.0. The molecular formula is C26H18F7NO2S. The van der Waals surface area contributed by atoms with Crippen LogP contribution >= 0.6 is 11.3 Å². The van der Waals surface area contributed by atoms with E-state index in [1.807, 2.05) is 6.92 Å². The first-order valence-electron chi connectivity index (χ1n) is 11.2. The van der Waals surface area contributed by atoms with Gasteiger partial charge in [-0.3, -0.25) is 0 Å². The van der Waals surface area contributed by atoms with E-state index < -0.39 is 52.1 Å². The third kappa shape index (κ3) is 5.02. The van der Waals surface area contributed by atoms with Crippen molar-refractivity contribution < 1.29 is 40.2 Å². The van der Waals surface area contributed by atoms with Crippen molar-refractivity contribution in [2.45, 2.75) is 32.0 Å². The molecule has 4 aromatic rings. The number of thiazole rings is 1. The van der Waals surface area contributed by atoms with Crippen LogP contribution in [0.5, 0.6) is 5.75 Å². The molecule has 3 nitrogen and oxygen atoms in total. The van der Waals surface area contributed by atoms with E-state index in [1.54, 1.807) is 0 Å². The summed E-state index contributed by atoms with van der Waals surface area (Å²) in [4.78, 5) is 3.78. The molecule has 2 unspecified atom stereocenters. The predicted octanol–water partition coefficient (Wildman–Crippen LogP) is 8.27. The highest BCUT2D eigenvalue weighted by Crippen LogP contribution is 2.40. The highest BCUT2D eigenvalue weighted by molar-refractivity contribution is 7.18. The van der Waals surface area contributed by atoms with Crippen molar-refractivity contribution >= 4 is 21.6 Å². The molecule has 5 rings (SSSR count). The molecule has 3 aromatic carbocycles. The van der Waals surface area contributed by atoms with Gasteiger partial charge >= 0.3 is 6.11 Å². The first kappa shape index (κ1) is 25.5. The molecule has 0 amide bonds. The van der Waals surface area contributed by atoms with Crippen LogP contribution in [0.4, 0.5) is 30.7 Å². The van der Waals surface area contributed by atoms with Crippen molar-refractivity contribution in [1.82, 2.24) is 4.98 Å². The molecule has 1 saturated heterocycles. The zero-order valence-electron chi connectivity index (χ0n) is 19.1. The van der Waals surface area contributed by atoms with E-state index in [9.17, 15) is 22.0 Å². The second-order valence-corrected chi connectivity index (χ2v) is 9.92. The Bertz CT molecular complexity index is 1440. The van der Waals surface area contributed by atoms with Crippen LogP contribution in [0.1, 0.15) is 36.4 Å². The minimum absolute atomic E-state index is 0.0886. The lowest BCUT2D eigenvalue weighted by molar-refractivity contribution is -0.185. The van der Waals surface area contributed by atoms with Crippen LogP contribution in [0.15, 0.2) is 42.5 Å². The number of aromatic nitrogens is 1. The summed E-state index contributed by atoms with van der Waals surface area (Å²) in [5.74, 6) is -7.43. The van der Waals surface area contributed by atoms with Gasteiger partial charge in [0, 0.05) is 18.7 Å². The van der Waals surface area contributed by atoms with Crippen molar-refractivity contribution in [2.24, 2.45) is 5.92 Å². The summed E-state index contributed by atoms with van der Waals surface area (Å²) in [5, 5.41) is -0.871. The lowest BCUT2D eigenvalue weighted by Crippen LogP contribution is -2.21. The van der Waals surface area contributed by atoms with Gasteiger partial charge in [0.15, 0.2) is 17.5 Å². The van der Waals surface area contributed by atoms with Crippen LogP contribution < -0.4 is 4.74 Å². The van der Waals surface area contributed by atoms with E-state index in [0.29, 0.717) is 35.8 Å². The smallest absolute Gasteiger partial charge is 0.427 e. The molecule has 1 aliphatic heterocycles. The van der Waals surface area contributed by atoms with E-state index in [1.165, 1.54) is 30.3 Å². The predicted molar refractivity (Wildman–Crippen MR) is 123 cm³/mol. The van der Waals surface area contributed by atoms with Crippen LogP contribution in [-0.4, -0.2) is 11.6 Å². The topological polar surface area (TPSA) is 31.4 Å². The summed E-state index contributed by atoms with van der Waals surface area (Å²) >= 11 is 0.469. The zero-order chi connectivity index (χ0) is 26.5. The molecule has 0 N–H and O–H groups in total. The molecule has 0 aliphatic carbocycles. The van der Waals surface area contributed by atoms with Gasteiger partial charge in [-0.05, 0) is 54.2 Å². The molecule has 194 valence electrons. The van der Waals surface area contributed by atoms with E-state index in [0.717, 1.165) is 6.42 Å². The van der Waals surface area contributed by atoms with Gasteiger partial charge in [-0.2, -0.15) is 8.78 Å². The minimum atomic E-state index is -4.13. The molecule has 1 fully saturated rings. The average Bonchev–Trinajstić information content (AvgIpc) is 3.27. The molecule has 0 saturated carbocycles. The third-order valence-electron chi connectivity index (χ3n) is 6.07. The number of hydrogen-bond donors (Lipinski definition) is 0. The first-order valence-corrected chi connectivity index (χ1v) is 12.1. The molecule has 2 atom stereocenters. The fourth-order valence-corrected chi connectivity index (χ4v) is 5.10. The number of nitrogens with zero attached hydrogens (tertiary/aromatic N) is 1. The van der Waals surface area contributed by atoms with E-state index >= 15 is 8.78 Å². The maximum absolute atomic E-state index is 15.0. The van der Waals surface area contributed by atoms with E-state index in [4.69, 9.17) is 4.74 Å². The van der Waals surface area contributed by atoms with Crippen molar-refractivity contribution in [3.05, 3.63) is 82.1 Å². The Labute approximate surface area is 210 Å². The van der Waals surface area contributed by atoms with Crippen LogP contribution in [0.2, 0.25) is 0 Å². The monoisotopic (exact) mass is 541 g/mol. The Kier molecular flexibility index (Phi) is 6.61. The molecule has 0 radical (unpaired) electrons. The van der Waals surface area contributed by atoms with Gasteiger partial charge in [-0.25, -0.2) is 26.9 Å². The number of hydrogen-bond acceptors (Lipinski definition) is 4. The average molecular weight is 541 g/mol. The number of fused-ring (bicyclic) bond motifs is 1. The van der Waals surface area contributed by atoms with Gasteiger partial charge in [0.25, 0.3) is 0 Å². The van der Waals surface area contributed by atoms with E-state index in [2.05, 4.69) is 9.72 Å². The van der Waals surface area contributed by atoms with Gasteiger partial charge in [0.2, 0.25) is 5.01 Å². The summed E-state index contributed by atoms with van der Waals surface area (Å²) < 4.78 is 110. The van der Waals surface area contributed by atoms with Crippen LogP contribution in [-0.2, 0) is 10.8 Å². The molecular weight excluding hydrogens is 523 g/mol. The number of alkyl halides is 2. The molecule has 1 aromatic heterocycles. The van der Waals surface area contributed by atoms with Crippen molar-refractivity contribution in [3.63, 3.8) is 0 Å². The number of ether oxygens (including phenoxy) is 2. The van der Waals surface area contributed by atoms with Crippen molar-refractivity contribution in [1.29, 1.82) is 0 Å². The van der Waals surface area contributed by atoms with Gasteiger partial charge in [-0.15, -0.1) is 11.3 Å². The quantitative estimate of drug-likeness (QED) is 0.188. The fraction of sp³-hybridized carbons (Fsp3) is 0.269. The summed E-state index contributed by atoms with van der Waals surface area (Å²) in [5.41, 5.74) is 0.252. The highest BCUT2D eigenvalue weighted by Gasteiger charge is 2.39. The van der Waals surface area contributed by atoms with Crippen LogP contribution in [0, 0.1) is 35.0 Å². The molecule has 1 aliphatic rings. The van der Waals surface area contributed by atoms with Gasteiger partial charge in [0.1, 0.15) is 17.4 Å². The first-order chi connectivity index (χ1) is 17.5. The maximum Gasteiger partial charge on any atom is 0.454 e. The standard InChI is InChI=1S/C26H18F7NO2S/c1-12-2-5-21(35-11-12)14-6-16(27)23(17(28)7-14)13-3-4-20-22(8-13)37-25(34-20)26(32,33)36-15-9-18(29)24(31)19(30)10-15/h3-4,6-10,12,21H,2,5,11H2,1H3. The van der Waals surface area contributed by atoms with Gasteiger partial charge in [-0.1, -0.05) is 13.0 Å². The minimum Gasteiger partial charge on any atom is -0.427 e. The van der Waals surface area contributed by atoms with Crippen molar-refractivity contribution in [2.75, 3.05) is 6.61 Å². The fourth-order valence-electron chi connectivity index (χ4n) is 4.19. The molecule has 0 spiro atoms. The summed E-state index contributed by atoms with van der Waals surface area (Å²) in [6.45, 7) is 2.53. The lowest BCUT2D eigenvalue weighted by Gasteiger charge is -2.27. The molecule has 11 heteroatoms. The lowest BCUT2D eigenvalue weighted by atomic mass is 9.94. The summed E-state index contributed by atoms with van der Waals surface area (Å²) in [6.07, 6.45) is -3.02. The molecule has 37 heavy (non-hydrogen) atoms. The number of rotatable bonds is 5. The SMILES string of the molecule is CC1CCC(c2cc(F)c(-c3ccc4nc(C(F)(F)Oc5cc(F)c(F)c(F)c5)sc4c3)c(F)c2)OC1. The molecule has 2 heterocycles. The number of benzene rings is 3. The Morgan fingerprint density at radius 2 is 1.59 bits per heavy atom. The summed E-state index contributed by atoms with van der Waals surface area (Å²) in [6, 6.07) is 6.96. The van der Waals surface area contributed by atoms with Crippen LogP contribution in [0.25, 0.3) is 21.3 Å². The Morgan fingerprint density at radius 3 is 2.22 bits per heavy atom. The Hall–Kier alpha value is -3.18.